The van der Waals surface area contributed by atoms with Gasteiger partial charge in [-0.3, -0.25) is 4.99 Å². The highest BCUT2D eigenvalue weighted by Crippen LogP contribution is 1.89. The van der Waals surface area contributed by atoms with Crippen LogP contribution in [0.25, 0.3) is 0 Å². The van der Waals surface area contributed by atoms with Crippen molar-refractivity contribution >= 4 is 29.9 Å². The lowest BCUT2D eigenvalue weighted by atomic mass is 10.3. The maximum absolute atomic E-state index is 4.17. The zero-order valence-corrected chi connectivity index (χ0v) is 14.2. The van der Waals surface area contributed by atoms with Gasteiger partial charge in [0.1, 0.15) is 0 Å². The van der Waals surface area contributed by atoms with Crippen LogP contribution in [0.15, 0.2) is 4.99 Å². The molecule has 0 spiro atoms. The van der Waals surface area contributed by atoms with Crippen LogP contribution in [0, 0.1) is 0 Å². The molecule has 0 aromatic rings. The molecule has 0 saturated heterocycles. The first-order valence-electron chi connectivity index (χ1n) is 6.33. The summed E-state index contributed by atoms with van der Waals surface area (Å²) in [7, 11) is 1.81. The molecule has 0 aromatic heterocycles. The van der Waals surface area contributed by atoms with Crippen molar-refractivity contribution in [2.45, 2.75) is 40.2 Å². The van der Waals surface area contributed by atoms with Gasteiger partial charge >= 0.3 is 0 Å². The monoisotopic (exact) mass is 356 g/mol. The van der Waals surface area contributed by atoms with E-state index >= 15 is 0 Å². The molecule has 0 aliphatic heterocycles. The summed E-state index contributed by atoms with van der Waals surface area (Å²) in [5.41, 5.74) is 0. The normalized spacial score (nSPS) is 11.6. The molecule has 17 heavy (non-hydrogen) atoms. The molecule has 0 rings (SSSR count). The predicted octanol–water partition coefficient (Wildman–Crippen LogP) is 1.91. The van der Waals surface area contributed by atoms with Crippen molar-refractivity contribution in [2.75, 3.05) is 33.2 Å². The molecule has 0 aliphatic rings. The van der Waals surface area contributed by atoms with Gasteiger partial charge in [0.25, 0.3) is 0 Å². The van der Waals surface area contributed by atoms with E-state index < -0.39 is 0 Å². The lowest BCUT2D eigenvalue weighted by molar-refractivity contribution is 0.300. The summed E-state index contributed by atoms with van der Waals surface area (Å²) < 4.78 is 0. The summed E-state index contributed by atoms with van der Waals surface area (Å²) in [6, 6.07) is 0.425. The fraction of sp³-hybridized carbons (Fsp3) is 0.917. The second kappa shape index (κ2) is 12.4. The molecule has 4 nitrogen and oxygen atoms in total. The third-order valence-electron chi connectivity index (χ3n) is 2.49. The third kappa shape index (κ3) is 10.8. The van der Waals surface area contributed by atoms with Gasteiger partial charge in [0.15, 0.2) is 5.96 Å². The van der Waals surface area contributed by atoms with Gasteiger partial charge in [-0.15, -0.1) is 24.0 Å². The Balaban J connectivity index is 0. The Morgan fingerprint density at radius 3 is 2.24 bits per heavy atom. The maximum atomic E-state index is 4.17. The Bertz CT molecular complexity index is 191. The Hall–Kier alpha value is -0.0400. The fourth-order valence-electron chi connectivity index (χ4n) is 1.52. The Labute approximate surface area is 124 Å². The number of hydrogen-bond donors (Lipinski definition) is 2. The van der Waals surface area contributed by atoms with Crippen LogP contribution in [-0.4, -0.2) is 50.1 Å². The molecule has 0 radical (unpaired) electrons. The minimum Gasteiger partial charge on any atom is -0.356 e. The molecule has 5 heteroatoms. The summed E-state index contributed by atoms with van der Waals surface area (Å²) in [5, 5.41) is 6.59. The van der Waals surface area contributed by atoms with Crippen molar-refractivity contribution < 1.29 is 0 Å². The van der Waals surface area contributed by atoms with Crippen LogP contribution in [0.3, 0.4) is 0 Å². The van der Waals surface area contributed by atoms with Gasteiger partial charge in [0, 0.05) is 19.6 Å². The number of hydrogen-bond acceptors (Lipinski definition) is 2. The van der Waals surface area contributed by atoms with E-state index in [4.69, 9.17) is 0 Å². The van der Waals surface area contributed by atoms with E-state index in [0.717, 1.165) is 38.6 Å². The van der Waals surface area contributed by atoms with Crippen molar-refractivity contribution in [3.05, 3.63) is 0 Å². The maximum Gasteiger partial charge on any atom is 0.191 e. The van der Waals surface area contributed by atoms with Gasteiger partial charge in [-0.05, 0) is 39.9 Å². The standard InChI is InChI=1S/C12H28N4.HI/c1-6-16(7-2)10-8-9-14-12(13-5)15-11(3)4;/h11H,6-10H2,1-5H3,(H2,13,14,15);1H. The van der Waals surface area contributed by atoms with Gasteiger partial charge in [-0.25, -0.2) is 0 Å². The third-order valence-corrected chi connectivity index (χ3v) is 2.49. The van der Waals surface area contributed by atoms with Crippen LogP contribution in [0.4, 0.5) is 0 Å². The molecule has 0 fully saturated rings. The second-order valence-electron chi connectivity index (χ2n) is 4.18. The minimum absolute atomic E-state index is 0. The van der Waals surface area contributed by atoms with Crippen molar-refractivity contribution in [3.8, 4) is 0 Å². The van der Waals surface area contributed by atoms with E-state index in [1.807, 2.05) is 7.05 Å². The number of aliphatic imine (C=N–C) groups is 1. The molecule has 0 bridgehead atoms. The van der Waals surface area contributed by atoms with E-state index in [1.54, 1.807) is 0 Å². The molecule has 104 valence electrons. The second-order valence-corrected chi connectivity index (χ2v) is 4.18. The smallest absolute Gasteiger partial charge is 0.191 e. The molecule has 0 aliphatic carbocycles. The van der Waals surface area contributed by atoms with Crippen LogP contribution in [0.5, 0.6) is 0 Å². The van der Waals surface area contributed by atoms with Gasteiger partial charge in [-0.1, -0.05) is 13.8 Å². The Morgan fingerprint density at radius 1 is 1.24 bits per heavy atom. The fourth-order valence-corrected chi connectivity index (χ4v) is 1.52. The van der Waals surface area contributed by atoms with Crippen molar-refractivity contribution in [3.63, 3.8) is 0 Å². The van der Waals surface area contributed by atoms with Gasteiger partial charge in [0.2, 0.25) is 0 Å². The molecule has 0 saturated carbocycles. The van der Waals surface area contributed by atoms with Crippen molar-refractivity contribution in [2.24, 2.45) is 4.99 Å². The van der Waals surface area contributed by atoms with Crippen LogP contribution in [0.2, 0.25) is 0 Å². The predicted molar refractivity (Wildman–Crippen MR) is 87.5 cm³/mol. The average molecular weight is 356 g/mol. The number of halogens is 1. The zero-order valence-electron chi connectivity index (χ0n) is 11.9. The average Bonchev–Trinajstić information content (AvgIpc) is 2.27. The first-order chi connectivity index (χ1) is 7.63. The SMILES string of the molecule is CCN(CC)CCCNC(=NC)NC(C)C.I. The highest BCUT2D eigenvalue weighted by Gasteiger charge is 2.00. The van der Waals surface area contributed by atoms with Crippen molar-refractivity contribution in [1.29, 1.82) is 0 Å². The molecule has 0 amide bonds. The minimum atomic E-state index is 0. The summed E-state index contributed by atoms with van der Waals surface area (Å²) >= 11 is 0. The molecule has 0 aromatic carbocycles. The van der Waals surface area contributed by atoms with Gasteiger partial charge in [-0.2, -0.15) is 0 Å². The molecule has 2 N–H and O–H groups in total. The molecule has 0 unspecified atom stereocenters. The largest absolute Gasteiger partial charge is 0.356 e. The summed E-state index contributed by atoms with van der Waals surface area (Å²) in [6.45, 7) is 13.0. The lowest BCUT2D eigenvalue weighted by Crippen LogP contribution is -2.42. The Morgan fingerprint density at radius 2 is 1.82 bits per heavy atom. The molecular weight excluding hydrogens is 327 g/mol. The number of guanidine groups is 1. The first kappa shape index (κ1) is 19.3. The van der Waals surface area contributed by atoms with Crippen LogP contribution in [0.1, 0.15) is 34.1 Å². The van der Waals surface area contributed by atoms with E-state index in [1.165, 1.54) is 0 Å². The highest BCUT2D eigenvalue weighted by molar-refractivity contribution is 14.0. The summed E-state index contributed by atoms with van der Waals surface area (Å²) in [5.74, 6) is 0.898. The number of rotatable bonds is 7. The molecule has 0 heterocycles. The van der Waals surface area contributed by atoms with E-state index in [0.29, 0.717) is 6.04 Å². The molecule has 0 atom stereocenters. The van der Waals surface area contributed by atoms with Gasteiger partial charge < -0.3 is 15.5 Å². The quantitative estimate of drug-likeness (QED) is 0.317. The van der Waals surface area contributed by atoms with Crippen molar-refractivity contribution in [1.82, 2.24) is 15.5 Å². The Kier molecular flexibility index (Phi) is 14.1. The number of nitrogens with one attached hydrogen (secondary N) is 2. The van der Waals surface area contributed by atoms with Crippen LogP contribution < -0.4 is 10.6 Å². The molecular formula is C12H29IN4. The van der Waals surface area contributed by atoms with Gasteiger partial charge in [0.05, 0.1) is 0 Å². The van der Waals surface area contributed by atoms with E-state index in [2.05, 4.69) is 48.2 Å². The lowest BCUT2D eigenvalue weighted by Gasteiger charge is -2.19. The highest BCUT2D eigenvalue weighted by atomic mass is 127. The summed E-state index contributed by atoms with van der Waals surface area (Å²) in [4.78, 5) is 6.60. The number of nitrogens with zero attached hydrogens (tertiary/aromatic N) is 2. The summed E-state index contributed by atoms with van der Waals surface area (Å²) in [6.07, 6.45) is 1.15. The van der Waals surface area contributed by atoms with Crippen LogP contribution >= 0.6 is 24.0 Å². The van der Waals surface area contributed by atoms with E-state index in [9.17, 15) is 0 Å². The zero-order chi connectivity index (χ0) is 12.4. The first-order valence-corrected chi connectivity index (χ1v) is 6.33. The van der Waals surface area contributed by atoms with E-state index in [-0.39, 0.29) is 24.0 Å². The topological polar surface area (TPSA) is 39.7 Å². The van der Waals surface area contributed by atoms with Crippen LogP contribution in [-0.2, 0) is 0 Å².